The van der Waals surface area contributed by atoms with E-state index < -0.39 is 0 Å². The molecule has 0 aromatic carbocycles. The Labute approximate surface area is 99.6 Å². The monoisotopic (exact) mass is 223 g/mol. The van der Waals surface area contributed by atoms with Crippen molar-refractivity contribution < 1.29 is 4.74 Å². The third-order valence-electron chi connectivity index (χ3n) is 2.80. The van der Waals surface area contributed by atoms with Crippen LogP contribution in [-0.4, -0.2) is 18.2 Å². The molecule has 2 N–H and O–H groups in total. The lowest BCUT2D eigenvalue weighted by Gasteiger charge is -2.21. The van der Waals surface area contributed by atoms with Gasteiger partial charge in [0.25, 0.3) is 0 Å². The second kappa shape index (κ2) is 6.21. The number of allylic oxidation sites excluding steroid dienone is 3. The SMILES string of the molecule is CC(CC1=CC=CCC1)OCCC(C)(C)N. The third-order valence-corrected chi connectivity index (χ3v) is 2.80. The van der Waals surface area contributed by atoms with Crippen LogP contribution in [0, 0.1) is 0 Å². The van der Waals surface area contributed by atoms with Crippen molar-refractivity contribution >= 4 is 0 Å². The summed E-state index contributed by atoms with van der Waals surface area (Å²) in [6.45, 7) is 6.97. The van der Waals surface area contributed by atoms with Crippen molar-refractivity contribution in [1.29, 1.82) is 0 Å². The highest BCUT2D eigenvalue weighted by atomic mass is 16.5. The summed E-state index contributed by atoms with van der Waals surface area (Å²) in [5.74, 6) is 0. The van der Waals surface area contributed by atoms with Gasteiger partial charge in [0.1, 0.15) is 0 Å². The predicted octanol–water partition coefficient (Wildman–Crippen LogP) is 3.19. The van der Waals surface area contributed by atoms with Crippen molar-refractivity contribution in [3.8, 4) is 0 Å². The largest absolute Gasteiger partial charge is 0.378 e. The average molecular weight is 223 g/mol. The molecule has 1 aliphatic carbocycles. The van der Waals surface area contributed by atoms with Gasteiger partial charge in [0.15, 0.2) is 0 Å². The molecule has 0 spiro atoms. The molecule has 1 rings (SSSR count). The highest BCUT2D eigenvalue weighted by Gasteiger charge is 2.12. The minimum atomic E-state index is -0.118. The molecule has 0 fully saturated rings. The Kier molecular flexibility index (Phi) is 5.23. The van der Waals surface area contributed by atoms with Crippen LogP contribution < -0.4 is 5.73 Å². The number of hydrogen-bond acceptors (Lipinski definition) is 2. The van der Waals surface area contributed by atoms with Crippen LogP contribution in [0.5, 0.6) is 0 Å². The van der Waals surface area contributed by atoms with E-state index in [1.54, 1.807) is 0 Å². The van der Waals surface area contributed by atoms with E-state index >= 15 is 0 Å². The van der Waals surface area contributed by atoms with Crippen molar-refractivity contribution in [2.45, 2.75) is 58.1 Å². The summed E-state index contributed by atoms with van der Waals surface area (Å²) in [5, 5.41) is 0. The fourth-order valence-electron chi connectivity index (χ4n) is 1.77. The number of ether oxygens (including phenoxy) is 1. The molecule has 0 amide bonds. The Morgan fingerprint density at radius 1 is 1.50 bits per heavy atom. The molecule has 0 saturated heterocycles. The first-order valence-electron chi connectivity index (χ1n) is 6.22. The molecule has 2 nitrogen and oxygen atoms in total. The van der Waals surface area contributed by atoms with Crippen molar-refractivity contribution in [3.63, 3.8) is 0 Å². The van der Waals surface area contributed by atoms with Crippen LogP contribution in [0.15, 0.2) is 23.8 Å². The summed E-state index contributed by atoms with van der Waals surface area (Å²) in [7, 11) is 0. The fraction of sp³-hybridized carbons (Fsp3) is 0.714. The molecule has 0 radical (unpaired) electrons. The molecule has 0 saturated carbocycles. The van der Waals surface area contributed by atoms with Gasteiger partial charge < -0.3 is 10.5 Å². The minimum Gasteiger partial charge on any atom is -0.378 e. The van der Waals surface area contributed by atoms with E-state index in [1.807, 2.05) is 13.8 Å². The minimum absolute atomic E-state index is 0.118. The zero-order chi connectivity index (χ0) is 12.0. The third kappa shape index (κ3) is 6.09. The van der Waals surface area contributed by atoms with E-state index in [0.717, 1.165) is 19.4 Å². The van der Waals surface area contributed by atoms with Crippen molar-refractivity contribution in [1.82, 2.24) is 0 Å². The molecule has 0 heterocycles. The van der Waals surface area contributed by atoms with E-state index in [0.29, 0.717) is 6.10 Å². The predicted molar refractivity (Wildman–Crippen MR) is 69.4 cm³/mol. The molecule has 2 heteroatoms. The van der Waals surface area contributed by atoms with Crippen LogP contribution in [0.25, 0.3) is 0 Å². The van der Waals surface area contributed by atoms with Gasteiger partial charge in [-0.05, 0) is 46.5 Å². The molecular weight excluding hydrogens is 198 g/mol. The molecule has 92 valence electrons. The summed E-state index contributed by atoms with van der Waals surface area (Å²) in [6, 6.07) is 0. The first-order valence-corrected chi connectivity index (χ1v) is 6.22. The van der Waals surface area contributed by atoms with Crippen LogP contribution in [-0.2, 0) is 4.74 Å². The van der Waals surface area contributed by atoms with Gasteiger partial charge in [-0.3, -0.25) is 0 Å². The van der Waals surface area contributed by atoms with Gasteiger partial charge in [-0.15, -0.1) is 0 Å². The fourth-order valence-corrected chi connectivity index (χ4v) is 1.77. The zero-order valence-corrected chi connectivity index (χ0v) is 10.8. The normalized spacial score (nSPS) is 18.4. The smallest absolute Gasteiger partial charge is 0.0584 e. The number of rotatable bonds is 6. The van der Waals surface area contributed by atoms with Crippen LogP contribution in [0.4, 0.5) is 0 Å². The maximum atomic E-state index is 5.91. The van der Waals surface area contributed by atoms with Crippen LogP contribution in [0.1, 0.15) is 46.5 Å². The molecular formula is C14H25NO. The van der Waals surface area contributed by atoms with Gasteiger partial charge in [0, 0.05) is 12.1 Å². The van der Waals surface area contributed by atoms with E-state index in [9.17, 15) is 0 Å². The highest BCUT2D eigenvalue weighted by Crippen LogP contribution is 2.18. The Bertz CT molecular complexity index is 260. The van der Waals surface area contributed by atoms with Crippen LogP contribution in [0.3, 0.4) is 0 Å². The lowest BCUT2D eigenvalue weighted by atomic mass is 9.99. The van der Waals surface area contributed by atoms with E-state index in [4.69, 9.17) is 10.5 Å². The van der Waals surface area contributed by atoms with Gasteiger partial charge in [-0.2, -0.15) is 0 Å². The summed E-state index contributed by atoms with van der Waals surface area (Å²) in [4.78, 5) is 0. The van der Waals surface area contributed by atoms with E-state index in [1.165, 1.54) is 18.4 Å². The average Bonchev–Trinajstić information content (AvgIpc) is 2.17. The number of hydrogen-bond donors (Lipinski definition) is 1. The molecule has 0 bridgehead atoms. The summed E-state index contributed by atoms with van der Waals surface area (Å²) >= 11 is 0. The molecule has 0 aliphatic heterocycles. The van der Waals surface area contributed by atoms with Gasteiger partial charge in [0.2, 0.25) is 0 Å². The second-order valence-electron chi connectivity index (χ2n) is 5.42. The molecule has 0 aromatic rings. The lowest BCUT2D eigenvalue weighted by Crippen LogP contribution is -2.33. The number of nitrogens with two attached hydrogens (primary N) is 1. The van der Waals surface area contributed by atoms with Gasteiger partial charge in [0.05, 0.1) is 6.10 Å². The summed E-state index contributed by atoms with van der Waals surface area (Å²) < 4.78 is 5.78. The van der Waals surface area contributed by atoms with Gasteiger partial charge >= 0.3 is 0 Å². The molecule has 16 heavy (non-hydrogen) atoms. The van der Waals surface area contributed by atoms with Gasteiger partial charge in [-0.25, -0.2) is 0 Å². The first-order chi connectivity index (χ1) is 7.47. The van der Waals surface area contributed by atoms with Crippen molar-refractivity contribution in [2.75, 3.05) is 6.61 Å². The first kappa shape index (κ1) is 13.5. The highest BCUT2D eigenvalue weighted by molar-refractivity contribution is 5.17. The van der Waals surface area contributed by atoms with E-state index in [-0.39, 0.29) is 5.54 Å². The molecule has 1 aliphatic rings. The summed E-state index contributed by atoms with van der Waals surface area (Å²) in [5.41, 5.74) is 7.29. The zero-order valence-electron chi connectivity index (χ0n) is 10.8. The van der Waals surface area contributed by atoms with Crippen LogP contribution in [0.2, 0.25) is 0 Å². The van der Waals surface area contributed by atoms with Crippen molar-refractivity contribution in [3.05, 3.63) is 23.8 Å². The summed E-state index contributed by atoms with van der Waals surface area (Å²) in [6.07, 6.45) is 11.2. The van der Waals surface area contributed by atoms with Gasteiger partial charge in [-0.1, -0.05) is 23.8 Å². The second-order valence-corrected chi connectivity index (χ2v) is 5.42. The molecule has 1 unspecified atom stereocenters. The topological polar surface area (TPSA) is 35.2 Å². The van der Waals surface area contributed by atoms with Crippen molar-refractivity contribution in [2.24, 2.45) is 5.73 Å². The molecule has 1 atom stereocenters. The standard InChI is InChI=1S/C14H25NO/c1-12(16-10-9-14(2,3)15)11-13-7-5-4-6-8-13/h4-5,7,12H,6,8-11,15H2,1-3H3. The van der Waals surface area contributed by atoms with E-state index in [2.05, 4.69) is 25.2 Å². The maximum Gasteiger partial charge on any atom is 0.0584 e. The van der Waals surface area contributed by atoms with Crippen LogP contribution >= 0.6 is 0 Å². The Morgan fingerprint density at radius 3 is 2.81 bits per heavy atom. The Hall–Kier alpha value is -0.600. The quantitative estimate of drug-likeness (QED) is 0.750. The lowest BCUT2D eigenvalue weighted by molar-refractivity contribution is 0.0559. The Balaban J connectivity index is 2.18. The maximum absolute atomic E-state index is 5.91. The Morgan fingerprint density at radius 2 is 2.25 bits per heavy atom. The molecule has 0 aromatic heterocycles.